The van der Waals surface area contributed by atoms with Crippen molar-refractivity contribution in [2.75, 3.05) is 6.79 Å². The highest BCUT2D eigenvalue weighted by Gasteiger charge is 2.37. The number of hydrogen-bond acceptors (Lipinski definition) is 3. The lowest BCUT2D eigenvalue weighted by Gasteiger charge is -2.16. The van der Waals surface area contributed by atoms with Crippen molar-refractivity contribution < 1.29 is 23.8 Å². The number of benzene rings is 1. The summed E-state index contributed by atoms with van der Waals surface area (Å²) in [6.07, 6.45) is 2.09. The van der Waals surface area contributed by atoms with Crippen LogP contribution in [0.15, 0.2) is 12.1 Å². The lowest BCUT2D eigenvalue weighted by atomic mass is 9.90. The monoisotopic (exact) mass is 252 g/mol. The molecule has 4 nitrogen and oxygen atoms in total. The van der Waals surface area contributed by atoms with E-state index in [0.29, 0.717) is 11.7 Å². The fraction of sp³-hybridized carbons (Fsp3) is 0.462. The minimum atomic E-state index is -0.844. The number of halogens is 1. The van der Waals surface area contributed by atoms with Crippen molar-refractivity contribution in [2.24, 2.45) is 5.92 Å². The predicted octanol–water partition coefficient (Wildman–Crippen LogP) is 2.52. The second kappa shape index (κ2) is 4.15. The van der Waals surface area contributed by atoms with Gasteiger partial charge in [-0.2, -0.15) is 0 Å². The van der Waals surface area contributed by atoms with Gasteiger partial charge in [-0.1, -0.05) is 6.07 Å². The Hall–Kier alpha value is -1.78. The third kappa shape index (κ3) is 1.89. The molecule has 1 aliphatic carbocycles. The molecule has 1 aromatic rings. The number of rotatable bonds is 4. The molecule has 0 radical (unpaired) electrons. The molecule has 0 saturated heterocycles. The van der Waals surface area contributed by atoms with Gasteiger partial charge in [-0.25, -0.2) is 4.39 Å². The Morgan fingerprint density at radius 1 is 1.39 bits per heavy atom. The van der Waals surface area contributed by atoms with Crippen LogP contribution < -0.4 is 9.47 Å². The van der Waals surface area contributed by atoms with E-state index in [1.807, 2.05) is 0 Å². The lowest BCUT2D eigenvalue weighted by Crippen LogP contribution is -2.09. The molecule has 0 amide bonds. The second-order valence-corrected chi connectivity index (χ2v) is 4.74. The van der Waals surface area contributed by atoms with Crippen LogP contribution in [0.3, 0.4) is 0 Å². The van der Waals surface area contributed by atoms with E-state index in [1.54, 1.807) is 6.07 Å². The van der Waals surface area contributed by atoms with E-state index in [0.717, 1.165) is 18.4 Å². The molecule has 96 valence electrons. The largest absolute Gasteiger partial charge is 0.481 e. The minimum absolute atomic E-state index is 0.00623. The fourth-order valence-corrected chi connectivity index (χ4v) is 2.49. The molecular formula is C13H13FO4. The molecule has 1 heterocycles. The third-order valence-electron chi connectivity index (χ3n) is 3.49. The van der Waals surface area contributed by atoms with Gasteiger partial charge in [0.1, 0.15) is 0 Å². The summed E-state index contributed by atoms with van der Waals surface area (Å²) in [5.41, 5.74) is 0.758. The molecule has 1 saturated carbocycles. The zero-order valence-corrected chi connectivity index (χ0v) is 9.69. The average Bonchev–Trinajstić information content (AvgIpc) is 3.04. The Morgan fingerprint density at radius 2 is 2.11 bits per heavy atom. The van der Waals surface area contributed by atoms with Crippen molar-refractivity contribution in [1.29, 1.82) is 0 Å². The molecule has 1 aliphatic heterocycles. The lowest BCUT2D eigenvalue weighted by molar-refractivity contribution is -0.137. The average molecular weight is 252 g/mol. The number of carboxylic acid groups (broad SMARTS) is 1. The molecule has 0 spiro atoms. The summed E-state index contributed by atoms with van der Waals surface area (Å²) >= 11 is 0. The van der Waals surface area contributed by atoms with Crippen LogP contribution in [0, 0.1) is 11.7 Å². The summed E-state index contributed by atoms with van der Waals surface area (Å²) in [5, 5.41) is 8.98. The summed E-state index contributed by atoms with van der Waals surface area (Å²) in [6.45, 7) is -0.00623. The highest BCUT2D eigenvalue weighted by atomic mass is 19.1. The first-order valence-electron chi connectivity index (χ1n) is 5.96. The summed E-state index contributed by atoms with van der Waals surface area (Å²) in [4.78, 5) is 10.9. The van der Waals surface area contributed by atoms with E-state index >= 15 is 0 Å². The second-order valence-electron chi connectivity index (χ2n) is 4.74. The van der Waals surface area contributed by atoms with Gasteiger partial charge in [0.05, 0.1) is 6.42 Å². The molecule has 1 atom stereocenters. The number of carboxylic acids is 1. The summed E-state index contributed by atoms with van der Waals surface area (Å²) in [6, 6.07) is 2.94. The van der Waals surface area contributed by atoms with Gasteiger partial charge in [-0.15, -0.1) is 0 Å². The van der Waals surface area contributed by atoms with Crippen molar-refractivity contribution >= 4 is 5.97 Å². The van der Waals surface area contributed by atoms with E-state index in [1.165, 1.54) is 6.07 Å². The number of carbonyl (C=O) groups is 1. The molecule has 5 heteroatoms. The predicted molar refractivity (Wildman–Crippen MR) is 60.2 cm³/mol. The van der Waals surface area contributed by atoms with Crippen molar-refractivity contribution in [3.63, 3.8) is 0 Å². The standard InChI is InChI=1S/C13H13FO4/c14-10-4-3-8(12-13(10)18-6-17-12)9(5-11(15)16)7-1-2-7/h3-4,7,9H,1-2,5-6H2,(H,15,16). The zero-order chi connectivity index (χ0) is 12.7. The van der Waals surface area contributed by atoms with Crippen molar-refractivity contribution in [1.82, 2.24) is 0 Å². The van der Waals surface area contributed by atoms with Crippen molar-refractivity contribution in [2.45, 2.75) is 25.2 Å². The van der Waals surface area contributed by atoms with Crippen LogP contribution >= 0.6 is 0 Å². The molecular weight excluding hydrogens is 239 g/mol. The highest BCUT2D eigenvalue weighted by molar-refractivity contribution is 5.69. The van der Waals surface area contributed by atoms with Crippen LogP contribution in [0.2, 0.25) is 0 Å². The normalized spacial score (nSPS) is 18.7. The molecule has 1 fully saturated rings. The minimum Gasteiger partial charge on any atom is -0.481 e. The molecule has 1 aromatic carbocycles. The van der Waals surface area contributed by atoms with Crippen LogP contribution in [-0.2, 0) is 4.79 Å². The van der Waals surface area contributed by atoms with Crippen LogP contribution in [0.25, 0.3) is 0 Å². The number of aliphatic carboxylic acids is 1. The van der Waals surface area contributed by atoms with Gasteiger partial charge in [-0.05, 0) is 24.8 Å². The van der Waals surface area contributed by atoms with E-state index in [9.17, 15) is 9.18 Å². The summed E-state index contributed by atoms with van der Waals surface area (Å²) in [5.74, 6) is -0.560. The van der Waals surface area contributed by atoms with Crippen LogP contribution in [0.1, 0.15) is 30.7 Å². The number of ether oxygens (including phenoxy) is 2. The van der Waals surface area contributed by atoms with Gasteiger partial charge in [0, 0.05) is 11.5 Å². The van der Waals surface area contributed by atoms with Crippen LogP contribution in [0.5, 0.6) is 11.5 Å². The van der Waals surface area contributed by atoms with E-state index in [-0.39, 0.29) is 24.9 Å². The summed E-state index contributed by atoms with van der Waals surface area (Å²) in [7, 11) is 0. The van der Waals surface area contributed by atoms with Gasteiger partial charge in [-0.3, -0.25) is 4.79 Å². The van der Waals surface area contributed by atoms with Gasteiger partial charge in [0.2, 0.25) is 12.5 Å². The Bertz CT molecular complexity index is 496. The maximum Gasteiger partial charge on any atom is 0.303 e. The molecule has 1 N–H and O–H groups in total. The van der Waals surface area contributed by atoms with Gasteiger partial charge in [0.15, 0.2) is 11.6 Å². The first-order chi connectivity index (χ1) is 8.66. The molecule has 2 aliphatic rings. The smallest absolute Gasteiger partial charge is 0.303 e. The van der Waals surface area contributed by atoms with Crippen LogP contribution in [0.4, 0.5) is 4.39 Å². The molecule has 0 bridgehead atoms. The fourth-order valence-electron chi connectivity index (χ4n) is 2.49. The van der Waals surface area contributed by atoms with E-state index in [4.69, 9.17) is 14.6 Å². The number of fused-ring (bicyclic) bond motifs is 1. The SMILES string of the molecule is O=C(O)CC(c1ccc(F)c2c1OCO2)C1CC1. The van der Waals surface area contributed by atoms with Crippen LogP contribution in [-0.4, -0.2) is 17.9 Å². The molecule has 0 aromatic heterocycles. The topological polar surface area (TPSA) is 55.8 Å². The quantitative estimate of drug-likeness (QED) is 0.894. The van der Waals surface area contributed by atoms with E-state index < -0.39 is 11.8 Å². The van der Waals surface area contributed by atoms with Gasteiger partial charge < -0.3 is 14.6 Å². The van der Waals surface area contributed by atoms with Gasteiger partial charge in [0.25, 0.3) is 0 Å². The molecule has 18 heavy (non-hydrogen) atoms. The van der Waals surface area contributed by atoms with Crippen molar-refractivity contribution in [3.05, 3.63) is 23.5 Å². The first kappa shape index (κ1) is 11.3. The molecule has 3 rings (SSSR count). The Morgan fingerprint density at radius 3 is 2.78 bits per heavy atom. The maximum absolute atomic E-state index is 13.5. The Balaban J connectivity index is 1.99. The van der Waals surface area contributed by atoms with Gasteiger partial charge >= 0.3 is 5.97 Å². The first-order valence-corrected chi connectivity index (χ1v) is 5.96. The van der Waals surface area contributed by atoms with E-state index in [2.05, 4.69) is 0 Å². The Kier molecular flexibility index (Phi) is 2.61. The zero-order valence-electron chi connectivity index (χ0n) is 9.69. The Labute approximate surface area is 103 Å². The number of hydrogen-bond donors (Lipinski definition) is 1. The maximum atomic E-state index is 13.5. The molecule has 1 unspecified atom stereocenters. The summed E-state index contributed by atoms with van der Waals surface area (Å²) < 4.78 is 23.9. The van der Waals surface area contributed by atoms with Crippen molar-refractivity contribution in [3.8, 4) is 11.5 Å². The third-order valence-corrected chi connectivity index (χ3v) is 3.49. The highest BCUT2D eigenvalue weighted by Crippen LogP contribution is 2.50.